The summed E-state index contributed by atoms with van der Waals surface area (Å²) in [6, 6.07) is 11.6. The molecule has 30 heavy (non-hydrogen) atoms. The van der Waals surface area contributed by atoms with E-state index in [2.05, 4.69) is 15.6 Å². The summed E-state index contributed by atoms with van der Waals surface area (Å²) >= 11 is 1.50. The molecular weight excluding hydrogens is 406 g/mol. The van der Waals surface area contributed by atoms with E-state index in [-0.39, 0.29) is 5.91 Å². The Morgan fingerprint density at radius 3 is 2.40 bits per heavy atom. The summed E-state index contributed by atoms with van der Waals surface area (Å²) in [6.45, 7) is 0. The van der Waals surface area contributed by atoms with Crippen LogP contribution in [-0.2, 0) is 5.88 Å². The highest BCUT2D eigenvalue weighted by molar-refractivity contribution is 7.97. The number of rotatable bonds is 8. The van der Waals surface area contributed by atoms with Gasteiger partial charge in [0.05, 0.1) is 20.1 Å². The maximum Gasteiger partial charge on any atom is 0.276 e. The summed E-state index contributed by atoms with van der Waals surface area (Å²) in [5.41, 5.74) is 7.50. The molecular formula is C20H21N5O4S. The summed E-state index contributed by atoms with van der Waals surface area (Å²) in [7, 11) is 3.09. The second-order valence-electron chi connectivity index (χ2n) is 6.17. The van der Waals surface area contributed by atoms with Crippen LogP contribution in [0.15, 0.2) is 42.5 Å². The molecule has 3 rings (SSSR count). The Morgan fingerprint density at radius 2 is 1.80 bits per heavy atom. The third-order valence-electron chi connectivity index (χ3n) is 4.29. The number of methoxy groups -OCH3 is 2. The lowest BCUT2D eigenvalue weighted by Crippen LogP contribution is -2.18. The fourth-order valence-corrected chi connectivity index (χ4v) is 3.26. The van der Waals surface area contributed by atoms with E-state index in [1.165, 1.54) is 23.6 Å². The quantitative estimate of drug-likeness (QED) is 0.567. The van der Waals surface area contributed by atoms with E-state index >= 15 is 0 Å². The number of thioether (sulfide) groups is 1. The number of hydrogen-bond acceptors (Lipinski definition) is 7. The number of aromatic nitrogens is 3. The van der Waals surface area contributed by atoms with Crippen molar-refractivity contribution in [3.05, 3.63) is 53.7 Å². The number of hydrogen-bond donors (Lipinski definition) is 2. The molecule has 0 aliphatic carbocycles. The van der Waals surface area contributed by atoms with Gasteiger partial charge in [-0.25, -0.2) is 4.68 Å². The summed E-state index contributed by atoms with van der Waals surface area (Å²) < 4.78 is 12.2. The number of ether oxygens (including phenoxy) is 2. The van der Waals surface area contributed by atoms with Crippen LogP contribution in [0.3, 0.4) is 0 Å². The Labute approximate surface area is 177 Å². The van der Waals surface area contributed by atoms with Crippen molar-refractivity contribution in [3.63, 3.8) is 0 Å². The molecule has 0 radical (unpaired) electrons. The van der Waals surface area contributed by atoms with Crippen molar-refractivity contribution < 1.29 is 19.1 Å². The zero-order chi connectivity index (χ0) is 21.7. The summed E-state index contributed by atoms with van der Waals surface area (Å²) in [5, 5.41) is 11.2. The molecule has 0 aliphatic heterocycles. The summed E-state index contributed by atoms with van der Waals surface area (Å²) in [6.07, 6.45) is 1.90. The van der Waals surface area contributed by atoms with Gasteiger partial charge in [0.2, 0.25) is 5.91 Å². The number of benzene rings is 2. The van der Waals surface area contributed by atoms with Gasteiger partial charge in [-0.1, -0.05) is 5.21 Å². The van der Waals surface area contributed by atoms with Gasteiger partial charge in [-0.15, -0.1) is 16.9 Å². The van der Waals surface area contributed by atoms with Gasteiger partial charge >= 0.3 is 0 Å². The van der Waals surface area contributed by atoms with Gasteiger partial charge in [0.1, 0.15) is 5.69 Å². The molecule has 10 heteroatoms. The van der Waals surface area contributed by atoms with Gasteiger partial charge in [0, 0.05) is 16.8 Å². The number of carbonyl (C=O) groups is 2. The van der Waals surface area contributed by atoms with Gasteiger partial charge in [-0.05, 0) is 48.7 Å². The second-order valence-corrected chi connectivity index (χ2v) is 7.01. The average molecular weight is 427 g/mol. The number of amides is 2. The van der Waals surface area contributed by atoms with Crippen LogP contribution in [0, 0.1) is 0 Å². The minimum absolute atomic E-state index is 0.301. The minimum Gasteiger partial charge on any atom is -0.493 e. The first-order valence-electron chi connectivity index (χ1n) is 8.84. The molecule has 0 aliphatic rings. The first-order chi connectivity index (χ1) is 14.5. The standard InChI is InChI=1S/C20H21N5O4S/c1-28-15-9-6-13(10-16(15)29-2)17-18(25(11-30-3)24-23-17)20(27)22-14-7-4-12(5-8-14)19(21)26/h4-10H,11H2,1-3H3,(H2,21,26)(H,22,27). The van der Waals surface area contributed by atoms with Gasteiger partial charge in [0.15, 0.2) is 17.2 Å². The SMILES string of the molecule is COc1ccc(-c2nnn(CSC)c2C(=O)Nc2ccc(C(N)=O)cc2)cc1OC. The highest BCUT2D eigenvalue weighted by Crippen LogP contribution is 2.33. The molecule has 2 aromatic carbocycles. The first kappa shape index (κ1) is 21.2. The zero-order valence-corrected chi connectivity index (χ0v) is 17.5. The average Bonchev–Trinajstić information content (AvgIpc) is 3.17. The molecule has 1 heterocycles. The molecule has 3 aromatic rings. The van der Waals surface area contributed by atoms with E-state index in [1.54, 1.807) is 49.6 Å². The van der Waals surface area contributed by atoms with Gasteiger partial charge in [0.25, 0.3) is 5.91 Å². The molecule has 0 saturated carbocycles. The van der Waals surface area contributed by atoms with E-state index in [4.69, 9.17) is 15.2 Å². The van der Waals surface area contributed by atoms with Gasteiger partial charge in [-0.3, -0.25) is 9.59 Å². The smallest absolute Gasteiger partial charge is 0.276 e. The van der Waals surface area contributed by atoms with Crippen LogP contribution in [0.2, 0.25) is 0 Å². The predicted molar refractivity (Wildman–Crippen MR) is 115 cm³/mol. The zero-order valence-electron chi connectivity index (χ0n) is 16.7. The van der Waals surface area contributed by atoms with E-state index in [1.807, 2.05) is 6.26 Å². The summed E-state index contributed by atoms with van der Waals surface area (Å²) in [5.74, 6) is 0.613. The third-order valence-corrected chi connectivity index (χ3v) is 4.79. The molecule has 0 atom stereocenters. The lowest BCUT2D eigenvalue weighted by molar-refractivity contribution is 0.0997. The van der Waals surface area contributed by atoms with Crippen molar-refractivity contribution in [2.75, 3.05) is 25.8 Å². The number of nitrogens with two attached hydrogens (primary N) is 1. The normalized spacial score (nSPS) is 10.5. The first-order valence-corrected chi connectivity index (χ1v) is 10.2. The Morgan fingerprint density at radius 1 is 1.10 bits per heavy atom. The van der Waals surface area contributed by atoms with Crippen LogP contribution < -0.4 is 20.5 Å². The summed E-state index contributed by atoms with van der Waals surface area (Å²) in [4.78, 5) is 24.3. The number of primary amides is 1. The van der Waals surface area contributed by atoms with Crippen LogP contribution in [0.4, 0.5) is 5.69 Å². The Kier molecular flexibility index (Phi) is 6.58. The molecule has 1 aromatic heterocycles. The molecule has 2 amide bonds. The third kappa shape index (κ3) is 4.38. The molecule has 0 saturated heterocycles. The monoisotopic (exact) mass is 427 g/mol. The number of carbonyl (C=O) groups excluding carboxylic acids is 2. The van der Waals surface area contributed by atoms with Gasteiger partial charge < -0.3 is 20.5 Å². The highest BCUT2D eigenvalue weighted by Gasteiger charge is 2.23. The van der Waals surface area contributed by atoms with E-state index in [0.717, 1.165) is 0 Å². The van der Waals surface area contributed by atoms with Crippen molar-refractivity contribution in [2.24, 2.45) is 5.73 Å². The number of nitrogens with one attached hydrogen (secondary N) is 1. The van der Waals surface area contributed by atoms with Crippen LogP contribution in [-0.4, -0.2) is 47.3 Å². The molecule has 0 spiro atoms. The lowest BCUT2D eigenvalue weighted by Gasteiger charge is -2.11. The van der Waals surface area contributed by atoms with Crippen molar-refractivity contribution in [1.29, 1.82) is 0 Å². The lowest BCUT2D eigenvalue weighted by atomic mass is 10.1. The maximum atomic E-state index is 13.1. The molecule has 0 bridgehead atoms. The molecule has 156 valence electrons. The molecule has 0 unspecified atom stereocenters. The van der Waals surface area contributed by atoms with Crippen molar-refractivity contribution in [3.8, 4) is 22.8 Å². The fourth-order valence-electron chi connectivity index (χ4n) is 2.84. The van der Waals surface area contributed by atoms with Crippen LogP contribution >= 0.6 is 11.8 Å². The van der Waals surface area contributed by atoms with Crippen LogP contribution in [0.1, 0.15) is 20.8 Å². The second kappa shape index (κ2) is 9.31. The Bertz CT molecular complexity index is 1070. The van der Waals surface area contributed by atoms with Crippen molar-refractivity contribution >= 4 is 29.3 Å². The van der Waals surface area contributed by atoms with E-state index in [0.29, 0.717) is 45.6 Å². The van der Waals surface area contributed by atoms with E-state index in [9.17, 15) is 9.59 Å². The van der Waals surface area contributed by atoms with Crippen molar-refractivity contribution in [2.45, 2.75) is 5.88 Å². The molecule has 3 N–H and O–H groups in total. The Hall–Kier alpha value is -3.53. The number of anilines is 1. The number of nitrogens with zero attached hydrogens (tertiary/aromatic N) is 3. The maximum absolute atomic E-state index is 13.1. The molecule has 9 nitrogen and oxygen atoms in total. The molecule has 0 fully saturated rings. The predicted octanol–water partition coefficient (Wildman–Crippen LogP) is 2.63. The van der Waals surface area contributed by atoms with Crippen molar-refractivity contribution in [1.82, 2.24) is 15.0 Å². The van der Waals surface area contributed by atoms with Gasteiger partial charge in [-0.2, -0.15) is 0 Å². The topological polar surface area (TPSA) is 121 Å². The minimum atomic E-state index is -0.536. The largest absolute Gasteiger partial charge is 0.493 e. The fraction of sp³-hybridized carbons (Fsp3) is 0.200. The Balaban J connectivity index is 1.98. The highest BCUT2D eigenvalue weighted by atomic mass is 32.2. The van der Waals surface area contributed by atoms with Crippen LogP contribution in [0.25, 0.3) is 11.3 Å². The van der Waals surface area contributed by atoms with Crippen LogP contribution in [0.5, 0.6) is 11.5 Å². The van der Waals surface area contributed by atoms with E-state index < -0.39 is 5.91 Å².